The first-order valence-electron chi connectivity index (χ1n) is 6.01. The summed E-state index contributed by atoms with van der Waals surface area (Å²) in [6, 6.07) is 3.78. The molecule has 1 aromatic rings. The van der Waals surface area contributed by atoms with Crippen molar-refractivity contribution in [2.24, 2.45) is 0 Å². The minimum Gasteiger partial charge on any atom is -0.389 e. The van der Waals surface area contributed by atoms with Gasteiger partial charge in [0.2, 0.25) is 0 Å². The molecule has 1 atom stereocenters. The maximum absolute atomic E-state index is 9.77. The lowest BCUT2D eigenvalue weighted by Gasteiger charge is -2.39. The van der Waals surface area contributed by atoms with Gasteiger partial charge in [0.05, 0.1) is 18.3 Å². The number of aliphatic hydroxyl groups is 1. The van der Waals surface area contributed by atoms with Crippen molar-refractivity contribution in [3.63, 3.8) is 0 Å². The first kappa shape index (κ1) is 12.3. The van der Waals surface area contributed by atoms with Crippen molar-refractivity contribution < 1.29 is 9.84 Å². The SMILES string of the molecule is C[C@@H](O)c1cccnc1N1CCOC(C)(C)C1. The summed E-state index contributed by atoms with van der Waals surface area (Å²) >= 11 is 0. The Labute approximate surface area is 102 Å². The van der Waals surface area contributed by atoms with E-state index < -0.39 is 6.10 Å². The molecule has 1 aliphatic rings. The molecule has 1 aliphatic heterocycles. The van der Waals surface area contributed by atoms with Crippen molar-refractivity contribution in [2.45, 2.75) is 32.5 Å². The molecule has 1 fully saturated rings. The number of rotatable bonds is 2. The zero-order valence-corrected chi connectivity index (χ0v) is 10.7. The molecule has 0 aliphatic carbocycles. The average Bonchev–Trinajstić information content (AvgIpc) is 2.27. The Balaban J connectivity index is 2.27. The van der Waals surface area contributed by atoms with Crippen LogP contribution < -0.4 is 4.90 Å². The van der Waals surface area contributed by atoms with Crippen molar-refractivity contribution in [1.82, 2.24) is 4.98 Å². The molecule has 0 spiro atoms. The number of nitrogens with zero attached hydrogens (tertiary/aromatic N) is 2. The number of anilines is 1. The van der Waals surface area contributed by atoms with Gasteiger partial charge in [-0.1, -0.05) is 6.07 Å². The van der Waals surface area contributed by atoms with Crippen LogP contribution in [-0.4, -0.2) is 35.4 Å². The Kier molecular flexibility index (Phi) is 3.35. The van der Waals surface area contributed by atoms with Crippen molar-refractivity contribution in [1.29, 1.82) is 0 Å². The lowest BCUT2D eigenvalue weighted by Crippen LogP contribution is -2.49. The van der Waals surface area contributed by atoms with E-state index in [4.69, 9.17) is 4.74 Å². The van der Waals surface area contributed by atoms with Crippen LogP contribution in [0.15, 0.2) is 18.3 Å². The number of ether oxygens (including phenoxy) is 1. The van der Waals surface area contributed by atoms with Gasteiger partial charge in [0.25, 0.3) is 0 Å². The van der Waals surface area contributed by atoms with Gasteiger partial charge in [-0.05, 0) is 26.8 Å². The zero-order chi connectivity index (χ0) is 12.5. The lowest BCUT2D eigenvalue weighted by molar-refractivity contribution is -0.0280. The van der Waals surface area contributed by atoms with Crippen LogP contribution in [0.1, 0.15) is 32.4 Å². The van der Waals surface area contributed by atoms with Crippen LogP contribution in [0, 0.1) is 0 Å². The summed E-state index contributed by atoms with van der Waals surface area (Å²) in [5, 5.41) is 9.77. The third kappa shape index (κ3) is 2.76. The molecule has 17 heavy (non-hydrogen) atoms. The molecule has 94 valence electrons. The third-order valence-corrected chi connectivity index (χ3v) is 2.99. The number of morpholine rings is 1. The molecule has 0 unspecified atom stereocenters. The molecule has 2 heterocycles. The molecule has 0 bridgehead atoms. The maximum atomic E-state index is 9.77. The summed E-state index contributed by atoms with van der Waals surface area (Å²) in [7, 11) is 0. The van der Waals surface area contributed by atoms with Gasteiger partial charge in [-0.3, -0.25) is 0 Å². The molecular weight excluding hydrogens is 216 g/mol. The molecular formula is C13H20N2O2. The van der Waals surface area contributed by atoms with E-state index in [1.165, 1.54) is 0 Å². The second-order valence-electron chi connectivity index (χ2n) is 5.12. The predicted octanol–water partition coefficient (Wildman–Crippen LogP) is 1.75. The highest BCUT2D eigenvalue weighted by atomic mass is 16.5. The van der Waals surface area contributed by atoms with Crippen molar-refractivity contribution in [3.8, 4) is 0 Å². The Morgan fingerprint density at radius 2 is 2.29 bits per heavy atom. The highest BCUT2D eigenvalue weighted by Crippen LogP contribution is 2.27. The molecule has 0 amide bonds. The molecule has 1 aromatic heterocycles. The summed E-state index contributed by atoms with van der Waals surface area (Å²) in [5.41, 5.74) is 0.719. The quantitative estimate of drug-likeness (QED) is 0.849. The molecule has 2 rings (SSSR count). The van der Waals surface area contributed by atoms with Crippen molar-refractivity contribution in [2.75, 3.05) is 24.6 Å². The van der Waals surface area contributed by atoms with Crippen LogP contribution in [0.4, 0.5) is 5.82 Å². The summed E-state index contributed by atoms with van der Waals surface area (Å²) < 4.78 is 5.69. The molecule has 0 radical (unpaired) electrons. The first-order chi connectivity index (χ1) is 7.99. The van der Waals surface area contributed by atoms with E-state index in [2.05, 4.69) is 23.7 Å². The van der Waals surface area contributed by atoms with Gasteiger partial charge in [-0.2, -0.15) is 0 Å². The van der Waals surface area contributed by atoms with E-state index in [1.54, 1.807) is 13.1 Å². The average molecular weight is 236 g/mol. The summed E-state index contributed by atoms with van der Waals surface area (Å²) in [4.78, 5) is 6.59. The highest BCUT2D eigenvalue weighted by molar-refractivity contribution is 5.48. The molecule has 0 saturated carbocycles. The van der Waals surface area contributed by atoms with Gasteiger partial charge in [-0.15, -0.1) is 0 Å². The Hall–Kier alpha value is -1.13. The smallest absolute Gasteiger partial charge is 0.134 e. The number of hydrogen-bond acceptors (Lipinski definition) is 4. The fourth-order valence-corrected chi connectivity index (χ4v) is 2.20. The second kappa shape index (κ2) is 4.63. The molecule has 1 saturated heterocycles. The van der Waals surface area contributed by atoms with E-state index in [1.807, 2.05) is 12.1 Å². The largest absolute Gasteiger partial charge is 0.389 e. The van der Waals surface area contributed by atoms with E-state index >= 15 is 0 Å². The first-order valence-corrected chi connectivity index (χ1v) is 6.01. The van der Waals surface area contributed by atoms with E-state index in [9.17, 15) is 5.11 Å². The van der Waals surface area contributed by atoms with E-state index in [0.29, 0.717) is 6.61 Å². The maximum Gasteiger partial charge on any atom is 0.134 e. The zero-order valence-electron chi connectivity index (χ0n) is 10.7. The monoisotopic (exact) mass is 236 g/mol. The second-order valence-corrected chi connectivity index (χ2v) is 5.12. The van der Waals surface area contributed by atoms with Crippen molar-refractivity contribution in [3.05, 3.63) is 23.9 Å². The molecule has 0 aromatic carbocycles. The topological polar surface area (TPSA) is 45.6 Å². The number of pyridine rings is 1. The number of hydrogen-bond donors (Lipinski definition) is 1. The summed E-state index contributed by atoms with van der Waals surface area (Å²) in [5.74, 6) is 0.874. The fraction of sp³-hybridized carbons (Fsp3) is 0.615. The van der Waals surface area contributed by atoms with Gasteiger partial charge in [0.1, 0.15) is 5.82 Å². The van der Waals surface area contributed by atoms with Crippen LogP contribution in [0.2, 0.25) is 0 Å². The predicted molar refractivity (Wildman–Crippen MR) is 67.1 cm³/mol. The summed E-state index contributed by atoms with van der Waals surface area (Å²) in [6.45, 7) is 8.23. The minimum atomic E-state index is -0.496. The van der Waals surface area contributed by atoms with Crippen LogP contribution in [0.25, 0.3) is 0 Å². The molecule has 1 N–H and O–H groups in total. The normalized spacial score (nSPS) is 21.3. The third-order valence-electron chi connectivity index (χ3n) is 2.99. The number of aromatic nitrogens is 1. The fourth-order valence-electron chi connectivity index (χ4n) is 2.20. The standard InChI is InChI=1S/C13H20N2O2/c1-10(16)11-5-4-6-14-12(11)15-7-8-17-13(2,3)9-15/h4-6,10,16H,7-9H2,1-3H3/t10-/m1/s1. The van der Waals surface area contributed by atoms with E-state index in [-0.39, 0.29) is 5.60 Å². The van der Waals surface area contributed by atoms with Crippen LogP contribution in [-0.2, 0) is 4.74 Å². The van der Waals surface area contributed by atoms with Gasteiger partial charge < -0.3 is 14.7 Å². The Morgan fingerprint density at radius 3 is 2.94 bits per heavy atom. The van der Waals surface area contributed by atoms with Gasteiger partial charge in [-0.25, -0.2) is 4.98 Å². The van der Waals surface area contributed by atoms with Crippen molar-refractivity contribution >= 4 is 5.82 Å². The van der Waals surface area contributed by atoms with Crippen LogP contribution >= 0.6 is 0 Å². The number of aliphatic hydroxyl groups excluding tert-OH is 1. The summed E-state index contributed by atoms with van der Waals surface area (Å²) in [6.07, 6.45) is 1.27. The highest BCUT2D eigenvalue weighted by Gasteiger charge is 2.29. The van der Waals surface area contributed by atoms with Gasteiger partial charge in [0, 0.05) is 24.8 Å². The molecule has 4 heteroatoms. The minimum absolute atomic E-state index is 0.161. The van der Waals surface area contributed by atoms with Crippen LogP contribution in [0.5, 0.6) is 0 Å². The molecule has 4 nitrogen and oxygen atoms in total. The Bertz CT molecular complexity index is 391. The Morgan fingerprint density at radius 1 is 1.53 bits per heavy atom. The van der Waals surface area contributed by atoms with Gasteiger partial charge >= 0.3 is 0 Å². The van der Waals surface area contributed by atoms with E-state index in [0.717, 1.165) is 24.5 Å². The lowest BCUT2D eigenvalue weighted by atomic mass is 10.1. The van der Waals surface area contributed by atoms with Crippen LogP contribution in [0.3, 0.4) is 0 Å². The van der Waals surface area contributed by atoms with Gasteiger partial charge in [0.15, 0.2) is 0 Å².